The van der Waals surface area contributed by atoms with Crippen molar-refractivity contribution in [3.05, 3.63) is 0 Å². The summed E-state index contributed by atoms with van der Waals surface area (Å²) in [5.41, 5.74) is 0.910. The molecule has 0 rings (SSSR count). The molecule has 0 bridgehead atoms. The topological polar surface area (TPSA) is 69.4 Å². The van der Waals surface area contributed by atoms with Crippen molar-refractivity contribution in [2.24, 2.45) is 16.0 Å². The van der Waals surface area contributed by atoms with Gasteiger partial charge in [-0.25, -0.2) is 13.6 Å². The van der Waals surface area contributed by atoms with Gasteiger partial charge in [0.2, 0.25) is 10.0 Å². The lowest BCUT2D eigenvalue weighted by atomic mass is 9.74. The number of nitrogens with two attached hydrogens (primary N) is 1. The summed E-state index contributed by atoms with van der Waals surface area (Å²) in [7, 11) is -3.32. The van der Waals surface area contributed by atoms with E-state index in [0.29, 0.717) is 17.3 Å². The minimum Gasteiger partial charge on any atom is -0.381 e. The van der Waals surface area contributed by atoms with Gasteiger partial charge in [0.1, 0.15) is 0 Å². The van der Waals surface area contributed by atoms with Crippen LogP contribution in [0.1, 0.15) is 144 Å². The van der Waals surface area contributed by atoms with Gasteiger partial charge in [0.05, 0.1) is 5.75 Å². The Morgan fingerprint density at radius 3 is 1.31 bits per heavy atom. The lowest BCUT2D eigenvalue weighted by molar-refractivity contribution is 0.113. The molecule has 0 aromatic rings. The summed E-state index contributed by atoms with van der Waals surface area (Å²) in [6, 6.07) is 0. The standard InChI is InChI=1S/C27H57NO3S/c1-6-11-12-19-26(7-2,8-3)20-13-16-23-31-24-17-14-21-27(9-4,10-5)22-15-18-25-32(28,29)30/h6-25H2,1-5H3,(H2,28,29,30). The number of unbranched alkanes of at least 4 members (excludes halogenated alkanes) is 5. The number of hydrogen-bond donors (Lipinski definition) is 1. The van der Waals surface area contributed by atoms with Gasteiger partial charge in [-0.15, -0.1) is 0 Å². The van der Waals surface area contributed by atoms with Crippen LogP contribution in [-0.4, -0.2) is 27.4 Å². The van der Waals surface area contributed by atoms with Crippen LogP contribution in [-0.2, 0) is 14.8 Å². The van der Waals surface area contributed by atoms with E-state index in [0.717, 1.165) is 45.3 Å². The molecular formula is C27H57NO3S. The van der Waals surface area contributed by atoms with Crippen molar-refractivity contribution < 1.29 is 13.2 Å². The van der Waals surface area contributed by atoms with Crippen molar-refractivity contribution >= 4 is 10.0 Å². The fourth-order valence-electron chi connectivity index (χ4n) is 5.23. The normalized spacial score (nSPS) is 13.1. The molecule has 0 saturated carbocycles. The Balaban J connectivity index is 4.01. The van der Waals surface area contributed by atoms with Gasteiger partial charge in [0.15, 0.2) is 0 Å². The Morgan fingerprint density at radius 2 is 0.969 bits per heavy atom. The second-order valence-corrected chi connectivity index (χ2v) is 12.0. The maximum atomic E-state index is 11.1. The number of primary sulfonamides is 1. The third-order valence-corrected chi connectivity index (χ3v) is 9.05. The van der Waals surface area contributed by atoms with Gasteiger partial charge < -0.3 is 4.74 Å². The van der Waals surface area contributed by atoms with Crippen molar-refractivity contribution in [2.75, 3.05) is 19.0 Å². The first kappa shape index (κ1) is 31.9. The number of hydrogen-bond acceptors (Lipinski definition) is 3. The highest BCUT2D eigenvalue weighted by atomic mass is 32.2. The van der Waals surface area contributed by atoms with E-state index in [9.17, 15) is 8.42 Å². The average Bonchev–Trinajstić information content (AvgIpc) is 2.78. The first-order chi connectivity index (χ1) is 15.2. The fourth-order valence-corrected chi connectivity index (χ4v) is 5.83. The van der Waals surface area contributed by atoms with Crippen molar-refractivity contribution in [2.45, 2.75) is 144 Å². The van der Waals surface area contributed by atoms with E-state index >= 15 is 0 Å². The summed E-state index contributed by atoms with van der Waals surface area (Å²) in [5, 5.41) is 5.13. The van der Waals surface area contributed by atoms with Gasteiger partial charge in [-0.05, 0) is 55.8 Å². The molecule has 0 heterocycles. The summed E-state index contributed by atoms with van der Waals surface area (Å²) in [4.78, 5) is 0. The van der Waals surface area contributed by atoms with Crippen LogP contribution in [0.4, 0.5) is 0 Å². The first-order valence-corrected chi connectivity index (χ1v) is 15.5. The van der Waals surface area contributed by atoms with E-state index < -0.39 is 10.0 Å². The molecule has 0 unspecified atom stereocenters. The van der Waals surface area contributed by atoms with E-state index in [1.165, 1.54) is 70.6 Å². The minimum absolute atomic E-state index is 0.112. The zero-order valence-corrected chi connectivity index (χ0v) is 23.2. The quantitative estimate of drug-likeness (QED) is 0.152. The van der Waals surface area contributed by atoms with Crippen molar-refractivity contribution in [1.29, 1.82) is 0 Å². The Morgan fingerprint density at radius 1 is 0.594 bits per heavy atom. The maximum Gasteiger partial charge on any atom is 0.209 e. The van der Waals surface area contributed by atoms with Crippen LogP contribution in [0.3, 0.4) is 0 Å². The monoisotopic (exact) mass is 475 g/mol. The minimum atomic E-state index is -3.32. The van der Waals surface area contributed by atoms with Gasteiger partial charge >= 0.3 is 0 Å². The Bertz CT molecular complexity index is 525. The largest absolute Gasteiger partial charge is 0.381 e. The third kappa shape index (κ3) is 14.9. The molecule has 0 saturated heterocycles. The molecule has 0 atom stereocenters. The molecule has 0 aromatic heterocycles. The molecule has 0 fully saturated rings. The van der Waals surface area contributed by atoms with E-state index in [2.05, 4.69) is 34.6 Å². The molecule has 0 radical (unpaired) electrons. The van der Waals surface area contributed by atoms with Crippen LogP contribution >= 0.6 is 0 Å². The summed E-state index contributed by atoms with van der Waals surface area (Å²) < 4.78 is 28.2. The molecule has 32 heavy (non-hydrogen) atoms. The highest BCUT2D eigenvalue weighted by molar-refractivity contribution is 7.89. The number of rotatable bonds is 23. The van der Waals surface area contributed by atoms with Crippen molar-refractivity contribution in [3.63, 3.8) is 0 Å². The van der Waals surface area contributed by atoms with E-state index in [1.807, 2.05) is 0 Å². The van der Waals surface area contributed by atoms with E-state index in [4.69, 9.17) is 9.88 Å². The fraction of sp³-hybridized carbons (Fsp3) is 1.00. The summed E-state index contributed by atoms with van der Waals surface area (Å²) in [6.45, 7) is 13.4. The van der Waals surface area contributed by atoms with E-state index in [-0.39, 0.29) is 5.75 Å². The van der Waals surface area contributed by atoms with Gasteiger partial charge in [0, 0.05) is 13.2 Å². The number of ether oxygens (including phenoxy) is 1. The molecule has 2 N–H and O–H groups in total. The average molecular weight is 476 g/mol. The summed E-state index contributed by atoms with van der Waals surface area (Å²) in [5.74, 6) is 0.112. The predicted molar refractivity (Wildman–Crippen MR) is 141 cm³/mol. The maximum absolute atomic E-state index is 11.1. The number of sulfonamides is 1. The molecule has 0 aliphatic carbocycles. The first-order valence-electron chi connectivity index (χ1n) is 13.8. The highest BCUT2D eigenvalue weighted by Gasteiger charge is 2.26. The molecule has 4 nitrogen and oxygen atoms in total. The third-order valence-electron chi connectivity index (χ3n) is 8.19. The summed E-state index contributed by atoms with van der Waals surface area (Å²) >= 11 is 0. The molecule has 194 valence electrons. The Hall–Kier alpha value is -0.130. The molecule has 5 heteroatoms. The lowest BCUT2D eigenvalue weighted by Gasteiger charge is -2.32. The molecule has 0 amide bonds. The zero-order chi connectivity index (χ0) is 24.3. The van der Waals surface area contributed by atoms with Gasteiger partial charge in [-0.2, -0.15) is 0 Å². The van der Waals surface area contributed by atoms with Crippen LogP contribution in [0.15, 0.2) is 0 Å². The molecule has 0 aromatic carbocycles. The molecule has 0 aliphatic rings. The molecule has 0 aliphatic heterocycles. The van der Waals surface area contributed by atoms with Crippen LogP contribution in [0.25, 0.3) is 0 Å². The van der Waals surface area contributed by atoms with Crippen LogP contribution < -0.4 is 5.14 Å². The van der Waals surface area contributed by atoms with Crippen LogP contribution in [0, 0.1) is 10.8 Å². The predicted octanol–water partition coefficient (Wildman–Crippen LogP) is 8.00. The summed E-state index contributed by atoms with van der Waals surface area (Å²) in [6.07, 6.45) is 20.5. The van der Waals surface area contributed by atoms with Crippen molar-refractivity contribution in [1.82, 2.24) is 0 Å². The highest BCUT2D eigenvalue weighted by Crippen LogP contribution is 2.39. The van der Waals surface area contributed by atoms with Crippen LogP contribution in [0.2, 0.25) is 0 Å². The second kappa shape index (κ2) is 18.2. The molecule has 0 spiro atoms. The Labute approximate surface area is 201 Å². The van der Waals surface area contributed by atoms with Gasteiger partial charge in [-0.1, -0.05) is 98.8 Å². The smallest absolute Gasteiger partial charge is 0.209 e. The lowest BCUT2D eigenvalue weighted by Crippen LogP contribution is -2.21. The zero-order valence-electron chi connectivity index (χ0n) is 22.4. The SMILES string of the molecule is CCCCCC(CC)(CC)CCCCOCCCCC(CC)(CC)CCCCS(N)(=O)=O. The van der Waals surface area contributed by atoms with Crippen LogP contribution in [0.5, 0.6) is 0 Å². The van der Waals surface area contributed by atoms with E-state index in [1.54, 1.807) is 0 Å². The van der Waals surface area contributed by atoms with Crippen molar-refractivity contribution in [3.8, 4) is 0 Å². The second-order valence-electron chi connectivity index (χ2n) is 10.2. The van der Waals surface area contributed by atoms with Gasteiger partial charge in [-0.3, -0.25) is 0 Å². The Kier molecular flexibility index (Phi) is 18.2. The van der Waals surface area contributed by atoms with Gasteiger partial charge in [0.25, 0.3) is 0 Å². The molecular weight excluding hydrogens is 418 g/mol.